The van der Waals surface area contributed by atoms with Crippen molar-refractivity contribution in [3.8, 4) is 0 Å². The first-order valence-corrected chi connectivity index (χ1v) is 6.82. The fourth-order valence-corrected chi connectivity index (χ4v) is 2.36. The number of nitrogens with zero attached hydrogens (tertiary/aromatic N) is 1. The summed E-state index contributed by atoms with van der Waals surface area (Å²) in [5, 5.41) is 0. The molecule has 17 heavy (non-hydrogen) atoms. The number of ether oxygens (including phenoxy) is 2. The lowest BCUT2D eigenvalue weighted by Gasteiger charge is -2.33. The second-order valence-corrected chi connectivity index (χ2v) is 5.00. The maximum absolute atomic E-state index is 11.3. The molecule has 0 aliphatic heterocycles. The topological polar surface area (TPSA) is 76.1 Å². The molecule has 1 unspecified atom stereocenters. The van der Waals surface area contributed by atoms with Crippen molar-refractivity contribution in [2.45, 2.75) is 37.8 Å². The molecule has 6 nitrogen and oxygen atoms in total. The van der Waals surface area contributed by atoms with E-state index in [1.54, 1.807) is 11.9 Å². The Morgan fingerprint density at radius 3 is 2.47 bits per heavy atom. The molecule has 1 fully saturated rings. The monoisotopic (exact) mass is 265 g/mol. The summed E-state index contributed by atoms with van der Waals surface area (Å²) < 4.78 is 29.0. The van der Waals surface area contributed by atoms with Gasteiger partial charge in [-0.05, 0) is 25.7 Å². The smallest absolute Gasteiger partial charge is 0.409 e. The van der Waals surface area contributed by atoms with Crippen molar-refractivity contribution in [3.63, 3.8) is 0 Å². The highest BCUT2D eigenvalue weighted by atomic mass is 32.2. The number of hydrogen-bond acceptors (Lipinski definition) is 4. The lowest BCUT2D eigenvalue weighted by Crippen LogP contribution is -2.40. The molecule has 1 aliphatic carbocycles. The minimum Gasteiger partial charge on any atom is -0.453 e. The average molecular weight is 265 g/mol. The Bertz CT molecular complexity index is 278. The van der Waals surface area contributed by atoms with Crippen LogP contribution >= 0.6 is 0 Å². The van der Waals surface area contributed by atoms with Crippen molar-refractivity contribution in [1.82, 2.24) is 4.90 Å². The SMILES string of the molecule is COC(=O)N(C)C1CCC(OCS(=O)O)CC1. The molecule has 1 N–H and O–H groups in total. The number of hydrogen-bond donors (Lipinski definition) is 1. The Hall–Kier alpha value is -0.660. The lowest BCUT2D eigenvalue weighted by molar-refractivity contribution is 0.0317. The minimum atomic E-state index is -1.90. The third kappa shape index (κ3) is 4.61. The van der Waals surface area contributed by atoms with Crippen LogP contribution in [0.25, 0.3) is 0 Å². The van der Waals surface area contributed by atoms with Gasteiger partial charge in [-0.1, -0.05) is 0 Å². The first kappa shape index (κ1) is 14.4. The van der Waals surface area contributed by atoms with Gasteiger partial charge in [0.1, 0.15) is 5.94 Å². The number of methoxy groups -OCH3 is 1. The molecule has 1 saturated carbocycles. The van der Waals surface area contributed by atoms with Crippen LogP contribution in [-0.2, 0) is 20.6 Å². The molecule has 7 heteroatoms. The molecule has 0 aromatic carbocycles. The first-order valence-electron chi connectivity index (χ1n) is 5.54. The Morgan fingerprint density at radius 2 is 2.00 bits per heavy atom. The van der Waals surface area contributed by atoms with Crippen LogP contribution in [0, 0.1) is 0 Å². The van der Waals surface area contributed by atoms with Crippen LogP contribution < -0.4 is 0 Å². The fraction of sp³-hybridized carbons (Fsp3) is 0.900. The molecule has 0 heterocycles. The standard InChI is InChI=1S/C10H19NO5S/c1-11(10(12)15-2)8-3-5-9(6-4-8)16-7-17(13)14/h8-9H,3-7H2,1-2H3,(H,13,14). The first-order chi connectivity index (χ1) is 8.04. The lowest BCUT2D eigenvalue weighted by atomic mass is 9.92. The Balaban J connectivity index is 2.30. The molecule has 0 radical (unpaired) electrons. The maximum Gasteiger partial charge on any atom is 0.409 e. The quantitative estimate of drug-likeness (QED) is 0.773. The van der Waals surface area contributed by atoms with E-state index >= 15 is 0 Å². The van der Waals surface area contributed by atoms with Crippen molar-refractivity contribution in [1.29, 1.82) is 0 Å². The summed E-state index contributed by atoms with van der Waals surface area (Å²) in [7, 11) is 3.09. The van der Waals surface area contributed by atoms with E-state index in [1.807, 2.05) is 0 Å². The summed E-state index contributed by atoms with van der Waals surface area (Å²) in [5.41, 5.74) is 0. The second kappa shape index (κ2) is 6.93. The van der Waals surface area contributed by atoms with Crippen molar-refractivity contribution < 1.29 is 23.0 Å². The number of amides is 1. The van der Waals surface area contributed by atoms with Gasteiger partial charge in [0.2, 0.25) is 0 Å². The van der Waals surface area contributed by atoms with Gasteiger partial charge in [-0.25, -0.2) is 9.00 Å². The summed E-state index contributed by atoms with van der Waals surface area (Å²) >= 11 is -1.90. The molecular formula is C10H19NO5S. The van der Waals surface area contributed by atoms with Crippen LogP contribution in [0.3, 0.4) is 0 Å². The summed E-state index contributed by atoms with van der Waals surface area (Å²) in [5.74, 6) is -0.137. The molecule has 0 saturated heterocycles. The van der Waals surface area contributed by atoms with Gasteiger partial charge in [0.25, 0.3) is 0 Å². The van der Waals surface area contributed by atoms with Crippen molar-refractivity contribution >= 4 is 17.2 Å². The van der Waals surface area contributed by atoms with E-state index in [-0.39, 0.29) is 24.2 Å². The molecule has 1 atom stereocenters. The highest BCUT2D eigenvalue weighted by molar-refractivity contribution is 7.79. The number of rotatable bonds is 4. The number of carbonyl (C=O) groups excluding carboxylic acids is 1. The third-order valence-electron chi connectivity index (χ3n) is 3.06. The molecule has 1 aliphatic rings. The largest absolute Gasteiger partial charge is 0.453 e. The van der Waals surface area contributed by atoms with E-state index in [0.717, 1.165) is 25.7 Å². The fourth-order valence-electron chi connectivity index (χ4n) is 2.05. The zero-order valence-electron chi connectivity index (χ0n) is 10.1. The normalized spacial score (nSPS) is 26.3. The summed E-state index contributed by atoms with van der Waals surface area (Å²) in [6.45, 7) is 0. The third-order valence-corrected chi connectivity index (χ3v) is 3.40. The Morgan fingerprint density at radius 1 is 1.41 bits per heavy atom. The van der Waals surface area contributed by atoms with E-state index in [4.69, 9.17) is 9.29 Å². The summed E-state index contributed by atoms with van der Waals surface area (Å²) in [6.07, 6.45) is 2.94. The van der Waals surface area contributed by atoms with Crippen LogP contribution in [0.15, 0.2) is 0 Å². The van der Waals surface area contributed by atoms with Gasteiger partial charge in [0.05, 0.1) is 13.2 Å². The van der Waals surface area contributed by atoms with Crippen LogP contribution in [0.2, 0.25) is 0 Å². The van der Waals surface area contributed by atoms with E-state index in [9.17, 15) is 9.00 Å². The zero-order valence-corrected chi connectivity index (χ0v) is 10.9. The van der Waals surface area contributed by atoms with Gasteiger partial charge in [-0.15, -0.1) is 0 Å². The molecule has 1 amide bonds. The van der Waals surface area contributed by atoms with Crippen molar-refractivity contribution in [2.75, 3.05) is 20.1 Å². The van der Waals surface area contributed by atoms with Gasteiger partial charge >= 0.3 is 6.09 Å². The zero-order chi connectivity index (χ0) is 12.8. The van der Waals surface area contributed by atoms with Gasteiger partial charge < -0.3 is 18.9 Å². The van der Waals surface area contributed by atoms with Gasteiger partial charge in [-0.2, -0.15) is 0 Å². The van der Waals surface area contributed by atoms with E-state index in [1.165, 1.54) is 7.11 Å². The van der Waals surface area contributed by atoms with Crippen molar-refractivity contribution in [2.24, 2.45) is 0 Å². The Labute approximate surface area is 104 Å². The molecule has 1 rings (SSSR count). The van der Waals surface area contributed by atoms with Gasteiger partial charge in [-0.3, -0.25) is 0 Å². The molecule has 0 spiro atoms. The van der Waals surface area contributed by atoms with E-state index in [2.05, 4.69) is 4.74 Å². The Kier molecular flexibility index (Phi) is 5.87. The highest BCUT2D eigenvalue weighted by Gasteiger charge is 2.27. The molecule has 0 aromatic rings. The maximum atomic E-state index is 11.3. The molecular weight excluding hydrogens is 246 g/mol. The van der Waals surface area contributed by atoms with E-state index in [0.29, 0.717) is 0 Å². The highest BCUT2D eigenvalue weighted by Crippen LogP contribution is 2.24. The van der Waals surface area contributed by atoms with Crippen LogP contribution in [-0.4, -0.2) is 52.0 Å². The van der Waals surface area contributed by atoms with E-state index < -0.39 is 11.1 Å². The van der Waals surface area contributed by atoms with Gasteiger partial charge in [0.15, 0.2) is 11.1 Å². The van der Waals surface area contributed by atoms with Crippen LogP contribution in [0.1, 0.15) is 25.7 Å². The predicted molar refractivity (Wildman–Crippen MR) is 62.9 cm³/mol. The number of carbonyl (C=O) groups is 1. The van der Waals surface area contributed by atoms with Crippen LogP contribution in [0.5, 0.6) is 0 Å². The predicted octanol–water partition coefficient (Wildman–Crippen LogP) is 1.19. The van der Waals surface area contributed by atoms with Gasteiger partial charge in [0, 0.05) is 13.1 Å². The van der Waals surface area contributed by atoms with Crippen molar-refractivity contribution in [3.05, 3.63) is 0 Å². The summed E-state index contributed by atoms with van der Waals surface area (Å²) in [4.78, 5) is 12.9. The molecule has 0 bridgehead atoms. The summed E-state index contributed by atoms with van der Waals surface area (Å²) in [6, 6.07) is 0.168. The minimum absolute atomic E-state index is 0.0217. The average Bonchev–Trinajstić information content (AvgIpc) is 2.35. The molecule has 0 aromatic heterocycles. The van der Waals surface area contributed by atoms with Crippen LogP contribution in [0.4, 0.5) is 4.79 Å². The molecule has 100 valence electrons. The second-order valence-electron chi connectivity index (χ2n) is 4.12.